The fourth-order valence-electron chi connectivity index (χ4n) is 1.74. The second kappa shape index (κ2) is 9.06. The number of hydrogen-bond acceptors (Lipinski definition) is 2. The summed E-state index contributed by atoms with van der Waals surface area (Å²) in [5, 5.41) is 3.37. The van der Waals surface area contributed by atoms with Gasteiger partial charge in [-0.1, -0.05) is 25.5 Å². The van der Waals surface area contributed by atoms with Crippen LogP contribution in [-0.4, -0.2) is 19.8 Å². The summed E-state index contributed by atoms with van der Waals surface area (Å²) in [4.78, 5) is 0. The van der Waals surface area contributed by atoms with Gasteiger partial charge in [-0.15, -0.1) is 0 Å². The van der Waals surface area contributed by atoms with Crippen LogP contribution in [0.15, 0.2) is 24.3 Å². The molecule has 2 nitrogen and oxygen atoms in total. The lowest BCUT2D eigenvalue weighted by atomic mass is 10.1. The summed E-state index contributed by atoms with van der Waals surface area (Å²) in [5.74, 6) is -0.177. The molecule has 18 heavy (non-hydrogen) atoms. The van der Waals surface area contributed by atoms with Crippen LogP contribution in [0.3, 0.4) is 0 Å². The SMILES string of the molecule is CCCCOCCCNC(C)c1cccc(F)c1. The smallest absolute Gasteiger partial charge is 0.123 e. The highest BCUT2D eigenvalue weighted by Crippen LogP contribution is 2.13. The van der Waals surface area contributed by atoms with Gasteiger partial charge in [0.25, 0.3) is 0 Å². The van der Waals surface area contributed by atoms with Crippen molar-refractivity contribution in [3.8, 4) is 0 Å². The maximum Gasteiger partial charge on any atom is 0.123 e. The molecule has 1 aromatic carbocycles. The second-order valence-corrected chi connectivity index (χ2v) is 4.55. The van der Waals surface area contributed by atoms with Crippen LogP contribution in [0.5, 0.6) is 0 Å². The molecular weight excluding hydrogens is 229 g/mol. The lowest BCUT2D eigenvalue weighted by Gasteiger charge is -2.14. The molecule has 0 spiro atoms. The molecule has 0 bridgehead atoms. The lowest BCUT2D eigenvalue weighted by Crippen LogP contribution is -2.21. The van der Waals surface area contributed by atoms with E-state index in [1.54, 1.807) is 12.1 Å². The first kappa shape index (κ1) is 15.1. The quantitative estimate of drug-likeness (QED) is 0.678. The molecule has 0 radical (unpaired) electrons. The molecule has 0 aliphatic heterocycles. The van der Waals surface area contributed by atoms with Gasteiger partial charge in [0.05, 0.1) is 0 Å². The number of unbranched alkanes of at least 4 members (excludes halogenated alkanes) is 1. The molecule has 1 atom stereocenters. The Morgan fingerprint density at radius 3 is 2.78 bits per heavy atom. The minimum Gasteiger partial charge on any atom is -0.381 e. The Morgan fingerprint density at radius 2 is 2.06 bits per heavy atom. The molecule has 0 aliphatic carbocycles. The van der Waals surface area contributed by atoms with Gasteiger partial charge in [-0.3, -0.25) is 0 Å². The summed E-state index contributed by atoms with van der Waals surface area (Å²) in [6.45, 7) is 6.75. The maximum atomic E-state index is 13.0. The van der Waals surface area contributed by atoms with Crippen molar-refractivity contribution in [3.63, 3.8) is 0 Å². The molecule has 1 rings (SSSR count). The first-order chi connectivity index (χ1) is 8.74. The molecule has 0 aromatic heterocycles. The molecule has 0 heterocycles. The van der Waals surface area contributed by atoms with E-state index in [0.717, 1.165) is 38.2 Å². The molecule has 1 unspecified atom stereocenters. The normalized spacial score (nSPS) is 12.6. The van der Waals surface area contributed by atoms with E-state index in [9.17, 15) is 4.39 Å². The Kier molecular flexibility index (Phi) is 7.62. The Balaban J connectivity index is 2.12. The third-order valence-electron chi connectivity index (χ3n) is 2.91. The second-order valence-electron chi connectivity index (χ2n) is 4.55. The number of rotatable bonds is 9. The van der Waals surface area contributed by atoms with Gasteiger partial charge in [-0.2, -0.15) is 0 Å². The van der Waals surface area contributed by atoms with E-state index < -0.39 is 0 Å². The summed E-state index contributed by atoms with van der Waals surface area (Å²) in [5.41, 5.74) is 0.988. The van der Waals surface area contributed by atoms with E-state index in [2.05, 4.69) is 12.2 Å². The van der Waals surface area contributed by atoms with Crippen molar-refractivity contribution in [3.05, 3.63) is 35.6 Å². The molecule has 3 heteroatoms. The predicted octanol–water partition coefficient (Wildman–Crippen LogP) is 3.68. The lowest BCUT2D eigenvalue weighted by molar-refractivity contribution is 0.128. The van der Waals surface area contributed by atoms with Crippen LogP contribution in [0, 0.1) is 5.82 Å². The fourth-order valence-corrected chi connectivity index (χ4v) is 1.74. The monoisotopic (exact) mass is 253 g/mol. The molecule has 0 aliphatic rings. The van der Waals surface area contributed by atoms with Gasteiger partial charge in [0.15, 0.2) is 0 Å². The van der Waals surface area contributed by atoms with Crippen molar-refractivity contribution in [2.45, 2.75) is 39.2 Å². The Hall–Kier alpha value is -0.930. The molecule has 0 amide bonds. The van der Waals surface area contributed by atoms with Gasteiger partial charge < -0.3 is 10.1 Å². The van der Waals surface area contributed by atoms with E-state index in [1.807, 2.05) is 13.0 Å². The molecule has 0 saturated heterocycles. The third-order valence-corrected chi connectivity index (χ3v) is 2.91. The zero-order valence-electron chi connectivity index (χ0n) is 11.4. The molecule has 0 fully saturated rings. The number of benzene rings is 1. The van der Waals surface area contributed by atoms with Gasteiger partial charge in [0.1, 0.15) is 5.82 Å². The number of halogens is 1. The zero-order chi connectivity index (χ0) is 13.2. The number of hydrogen-bond donors (Lipinski definition) is 1. The number of ether oxygens (including phenoxy) is 1. The van der Waals surface area contributed by atoms with Crippen LogP contribution in [0.4, 0.5) is 4.39 Å². The van der Waals surface area contributed by atoms with Crippen molar-refractivity contribution in [1.29, 1.82) is 0 Å². The van der Waals surface area contributed by atoms with Crippen LogP contribution >= 0.6 is 0 Å². The van der Waals surface area contributed by atoms with E-state index >= 15 is 0 Å². The third kappa shape index (κ3) is 6.12. The Bertz CT molecular complexity index is 330. The first-order valence-corrected chi connectivity index (χ1v) is 6.80. The van der Waals surface area contributed by atoms with Crippen LogP contribution in [0.2, 0.25) is 0 Å². The summed E-state index contributed by atoms with van der Waals surface area (Å²) in [6, 6.07) is 6.92. The highest BCUT2D eigenvalue weighted by molar-refractivity contribution is 5.19. The van der Waals surface area contributed by atoms with Crippen molar-refractivity contribution >= 4 is 0 Å². The van der Waals surface area contributed by atoms with E-state index in [-0.39, 0.29) is 11.9 Å². The average molecular weight is 253 g/mol. The summed E-state index contributed by atoms with van der Waals surface area (Å²) < 4.78 is 18.5. The molecular formula is C15H24FNO. The molecule has 0 saturated carbocycles. The van der Waals surface area contributed by atoms with Crippen LogP contribution in [0.25, 0.3) is 0 Å². The van der Waals surface area contributed by atoms with Gasteiger partial charge >= 0.3 is 0 Å². The highest BCUT2D eigenvalue weighted by Gasteiger charge is 2.04. The number of nitrogens with one attached hydrogen (secondary N) is 1. The van der Waals surface area contributed by atoms with Crippen molar-refractivity contribution < 1.29 is 9.13 Å². The van der Waals surface area contributed by atoms with Crippen molar-refractivity contribution in [2.24, 2.45) is 0 Å². The van der Waals surface area contributed by atoms with Gasteiger partial charge in [0.2, 0.25) is 0 Å². The Labute approximate surface area is 110 Å². The minimum absolute atomic E-state index is 0.177. The van der Waals surface area contributed by atoms with Crippen LogP contribution in [0.1, 0.15) is 44.7 Å². The average Bonchev–Trinajstić information content (AvgIpc) is 2.37. The predicted molar refractivity (Wildman–Crippen MR) is 73.2 cm³/mol. The van der Waals surface area contributed by atoms with Gasteiger partial charge in [-0.25, -0.2) is 4.39 Å². The van der Waals surface area contributed by atoms with Crippen LogP contribution < -0.4 is 5.32 Å². The highest BCUT2D eigenvalue weighted by atomic mass is 19.1. The molecule has 1 aromatic rings. The van der Waals surface area contributed by atoms with Gasteiger partial charge in [-0.05, 0) is 44.0 Å². The first-order valence-electron chi connectivity index (χ1n) is 6.80. The van der Waals surface area contributed by atoms with E-state index in [4.69, 9.17) is 4.74 Å². The topological polar surface area (TPSA) is 21.3 Å². The standard InChI is InChI=1S/C15H24FNO/c1-3-4-10-18-11-6-9-17-13(2)14-7-5-8-15(16)12-14/h5,7-8,12-13,17H,3-4,6,9-11H2,1-2H3. The zero-order valence-corrected chi connectivity index (χ0v) is 11.4. The largest absolute Gasteiger partial charge is 0.381 e. The summed E-state index contributed by atoms with van der Waals surface area (Å²) in [6.07, 6.45) is 3.30. The Morgan fingerprint density at radius 1 is 1.28 bits per heavy atom. The van der Waals surface area contributed by atoms with Crippen molar-refractivity contribution in [1.82, 2.24) is 5.32 Å². The summed E-state index contributed by atoms with van der Waals surface area (Å²) >= 11 is 0. The molecule has 1 N–H and O–H groups in total. The van der Waals surface area contributed by atoms with E-state index in [0.29, 0.717) is 0 Å². The minimum atomic E-state index is -0.177. The fraction of sp³-hybridized carbons (Fsp3) is 0.600. The maximum absolute atomic E-state index is 13.0. The van der Waals surface area contributed by atoms with Crippen LogP contribution in [-0.2, 0) is 4.74 Å². The van der Waals surface area contributed by atoms with Crippen molar-refractivity contribution in [2.75, 3.05) is 19.8 Å². The van der Waals surface area contributed by atoms with E-state index in [1.165, 1.54) is 12.5 Å². The molecule has 102 valence electrons. The summed E-state index contributed by atoms with van der Waals surface area (Å²) in [7, 11) is 0. The van der Waals surface area contributed by atoms with Gasteiger partial charge in [0, 0.05) is 19.3 Å².